The SMILES string of the molecule is O=C(O)C1(NC(=O)C2(c3ccccc3)CC2)CCOC1. The van der Waals surface area contributed by atoms with Crippen LogP contribution in [0, 0.1) is 0 Å². The van der Waals surface area contributed by atoms with Crippen LogP contribution in [0.3, 0.4) is 0 Å². The highest BCUT2D eigenvalue weighted by Crippen LogP contribution is 2.48. The molecule has 2 aliphatic rings. The number of carboxylic acid groups (broad SMARTS) is 1. The lowest BCUT2D eigenvalue weighted by atomic mass is 9.92. The van der Waals surface area contributed by atoms with Crippen molar-refractivity contribution >= 4 is 11.9 Å². The first-order chi connectivity index (χ1) is 9.59. The molecule has 5 nitrogen and oxygen atoms in total. The summed E-state index contributed by atoms with van der Waals surface area (Å²) in [4.78, 5) is 24.0. The Bertz CT molecular complexity index is 530. The minimum Gasteiger partial charge on any atom is -0.479 e. The number of carbonyl (C=O) groups excluding carboxylic acids is 1. The smallest absolute Gasteiger partial charge is 0.331 e. The van der Waals surface area contributed by atoms with Gasteiger partial charge >= 0.3 is 5.97 Å². The van der Waals surface area contributed by atoms with Gasteiger partial charge in [-0.25, -0.2) is 4.79 Å². The molecule has 2 fully saturated rings. The number of carbonyl (C=O) groups is 2. The molecule has 2 N–H and O–H groups in total. The summed E-state index contributed by atoms with van der Waals surface area (Å²) in [6.07, 6.45) is 1.84. The molecule has 1 aliphatic heterocycles. The summed E-state index contributed by atoms with van der Waals surface area (Å²) in [6.45, 7) is 0.407. The maximum absolute atomic E-state index is 12.6. The molecule has 0 radical (unpaired) electrons. The third kappa shape index (κ3) is 1.98. The van der Waals surface area contributed by atoms with Crippen LogP contribution in [0.15, 0.2) is 30.3 Å². The van der Waals surface area contributed by atoms with E-state index in [1.54, 1.807) is 0 Å². The van der Waals surface area contributed by atoms with Crippen molar-refractivity contribution < 1.29 is 19.4 Å². The van der Waals surface area contributed by atoms with Gasteiger partial charge in [-0.15, -0.1) is 0 Å². The molecule has 1 saturated heterocycles. The average molecular weight is 275 g/mol. The fraction of sp³-hybridized carbons (Fsp3) is 0.467. The van der Waals surface area contributed by atoms with Crippen LogP contribution in [-0.4, -0.2) is 35.7 Å². The number of hydrogen-bond donors (Lipinski definition) is 2. The predicted octanol–water partition coefficient (Wildman–Crippen LogP) is 1.08. The normalized spacial score (nSPS) is 27.0. The summed E-state index contributed by atoms with van der Waals surface area (Å²) < 4.78 is 5.17. The van der Waals surface area contributed by atoms with Gasteiger partial charge in [0.2, 0.25) is 5.91 Å². The van der Waals surface area contributed by atoms with Crippen molar-refractivity contribution in [2.24, 2.45) is 0 Å². The third-order valence-electron chi connectivity index (χ3n) is 4.29. The Morgan fingerprint density at radius 1 is 1.15 bits per heavy atom. The van der Waals surface area contributed by atoms with Crippen LogP contribution in [0.25, 0.3) is 0 Å². The molecule has 0 aromatic heterocycles. The summed E-state index contributed by atoms with van der Waals surface area (Å²) in [6, 6.07) is 9.54. The van der Waals surface area contributed by atoms with Crippen molar-refractivity contribution in [3.05, 3.63) is 35.9 Å². The Morgan fingerprint density at radius 3 is 2.35 bits per heavy atom. The van der Waals surface area contributed by atoms with Crippen molar-refractivity contribution in [1.82, 2.24) is 5.32 Å². The molecule has 3 rings (SSSR count). The maximum Gasteiger partial charge on any atom is 0.331 e. The van der Waals surface area contributed by atoms with E-state index in [9.17, 15) is 14.7 Å². The first kappa shape index (κ1) is 13.1. The van der Waals surface area contributed by atoms with Gasteiger partial charge < -0.3 is 15.2 Å². The molecule has 1 atom stereocenters. The highest BCUT2D eigenvalue weighted by molar-refractivity contribution is 5.95. The highest BCUT2D eigenvalue weighted by atomic mass is 16.5. The monoisotopic (exact) mass is 275 g/mol. The second kappa shape index (κ2) is 4.59. The van der Waals surface area contributed by atoms with Crippen molar-refractivity contribution in [3.8, 4) is 0 Å². The van der Waals surface area contributed by atoms with Crippen LogP contribution < -0.4 is 5.32 Å². The van der Waals surface area contributed by atoms with Gasteiger partial charge in [0.1, 0.15) is 0 Å². The van der Waals surface area contributed by atoms with E-state index in [1.807, 2.05) is 30.3 Å². The summed E-state index contributed by atoms with van der Waals surface area (Å²) in [5.41, 5.74) is -0.856. The lowest BCUT2D eigenvalue weighted by Crippen LogP contribution is -2.57. The Morgan fingerprint density at radius 2 is 1.85 bits per heavy atom. The molecule has 0 spiro atoms. The number of aliphatic carboxylic acids is 1. The number of benzene rings is 1. The van der Waals surface area contributed by atoms with E-state index in [0.29, 0.717) is 13.0 Å². The van der Waals surface area contributed by atoms with Gasteiger partial charge in [-0.2, -0.15) is 0 Å². The van der Waals surface area contributed by atoms with Crippen molar-refractivity contribution in [3.63, 3.8) is 0 Å². The van der Waals surface area contributed by atoms with Crippen molar-refractivity contribution in [1.29, 1.82) is 0 Å². The average Bonchev–Trinajstić information content (AvgIpc) is 3.14. The molecule has 1 aromatic rings. The summed E-state index contributed by atoms with van der Waals surface area (Å²) in [5.74, 6) is -1.22. The number of rotatable bonds is 4. The van der Waals surface area contributed by atoms with Crippen LogP contribution in [0.1, 0.15) is 24.8 Å². The zero-order valence-electron chi connectivity index (χ0n) is 11.1. The summed E-state index contributed by atoms with van der Waals surface area (Å²) in [7, 11) is 0. The van der Waals surface area contributed by atoms with E-state index >= 15 is 0 Å². The van der Waals surface area contributed by atoms with Crippen molar-refractivity contribution in [2.45, 2.75) is 30.2 Å². The minimum atomic E-state index is -1.26. The van der Waals surface area contributed by atoms with E-state index < -0.39 is 16.9 Å². The standard InChI is InChI=1S/C15H17NO4/c17-12(16-15(13(18)19)8-9-20-10-15)14(6-7-14)11-4-2-1-3-5-11/h1-5H,6-10H2,(H,16,17)(H,18,19). The van der Waals surface area contributed by atoms with Gasteiger partial charge in [-0.1, -0.05) is 30.3 Å². The largest absolute Gasteiger partial charge is 0.479 e. The summed E-state index contributed by atoms with van der Waals surface area (Å²) in [5, 5.41) is 12.1. The molecular formula is C15H17NO4. The van der Waals surface area contributed by atoms with Gasteiger partial charge in [-0.3, -0.25) is 4.79 Å². The second-order valence-corrected chi connectivity index (χ2v) is 5.59. The first-order valence-electron chi connectivity index (χ1n) is 6.78. The molecule has 1 aliphatic carbocycles. The van der Waals surface area contributed by atoms with Crippen LogP contribution in [0.4, 0.5) is 0 Å². The van der Waals surface area contributed by atoms with E-state index in [1.165, 1.54) is 0 Å². The summed E-state index contributed by atoms with van der Waals surface area (Å²) >= 11 is 0. The van der Waals surface area contributed by atoms with Gasteiger partial charge in [0, 0.05) is 13.0 Å². The fourth-order valence-corrected chi connectivity index (χ4v) is 2.75. The highest BCUT2D eigenvalue weighted by Gasteiger charge is 2.55. The Hall–Kier alpha value is -1.88. The molecular weight excluding hydrogens is 258 g/mol. The van der Waals surface area contributed by atoms with Crippen LogP contribution in [-0.2, 0) is 19.7 Å². The Kier molecular flexibility index (Phi) is 3.01. The molecule has 1 heterocycles. The molecule has 1 saturated carbocycles. The Labute approximate surface area is 116 Å². The number of ether oxygens (including phenoxy) is 1. The van der Waals surface area contributed by atoms with E-state index in [0.717, 1.165) is 18.4 Å². The third-order valence-corrected chi connectivity index (χ3v) is 4.29. The lowest BCUT2D eigenvalue weighted by molar-refractivity contribution is -0.148. The van der Waals surface area contributed by atoms with Crippen LogP contribution >= 0.6 is 0 Å². The molecule has 5 heteroatoms. The predicted molar refractivity (Wildman–Crippen MR) is 71.3 cm³/mol. The minimum absolute atomic E-state index is 0.0406. The van der Waals surface area contributed by atoms with Gasteiger partial charge in [0.15, 0.2) is 5.54 Å². The molecule has 1 amide bonds. The maximum atomic E-state index is 12.6. The number of nitrogens with one attached hydrogen (secondary N) is 1. The fourth-order valence-electron chi connectivity index (χ4n) is 2.75. The van der Waals surface area contributed by atoms with Gasteiger partial charge in [-0.05, 0) is 18.4 Å². The first-order valence-corrected chi connectivity index (χ1v) is 6.78. The number of amides is 1. The molecule has 1 unspecified atom stereocenters. The Balaban J connectivity index is 1.82. The number of hydrogen-bond acceptors (Lipinski definition) is 3. The van der Waals surface area contributed by atoms with Crippen LogP contribution in [0.5, 0.6) is 0 Å². The number of carboxylic acids is 1. The zero-order chi connectivity index (χ0) is 14.2. The lowest BCUT2D eigenvalue weighted by Gasteiger charge is -2.27. The van der Waals surface area contributed by atoms with E-state index in [4.69, 9.17) is 4.74 Å². The van der Waals surface area contributed by atoms with E-state index in [-0.39, 0.29) is 12.5 Å². The van der Waals surface area contributed by atoms with Gasteiger partial charge in [0.05, 0.1) is 12.0 Å². The second-order valence-electron chi connectivity index (χ2n) is 5.59. The molecule has 106 valence electrons. The molecule has 20 heavy (non-hydrogen) atoms. The van der Waals surface area contributed by atoms with Crippen LogP contribution in [0.2, 0.25) is 0 Å². The van der Waals surface area contributed by atoms with E-state index in [2.05, 4.69) is 5.32 Å². The van der Waals surface area contributed by atoms with Gasteiger partial charge in [0.25, 0.3) is 0 Å². The molecule has 1 aromatic carbocycles. The molecule has 0 bridgehead atoms. The quantitative estimate of drug-likeness (QED) is 0.862. The zero-order valence-corrected chi connectivity index (χ0v) is 11.1. The van der Waals surface area contributed by atoms with Crippen molar-refractivity contribution in [2.75, 3.05) is 13.2 Å². The topological polar surface area (TPSA) is 75.6 Å².